The van der Waals surface area contributed by atoms with Crippen LogP contribution in [-0.2, 0) is 4.79 Å². The molecule has 2 rings (SSSR count). The van der Waals surface area contributed by atoms with Gasteiger partial charge in [0.15, 0.2) is 11.6 Å². The lowest BCUT2D eigenvalue weighted by molar-refractivity contribution is -0.138. The van der Waals surface area contributed by atoms with Crippen molar-refractivity contribution in [1.29, 1.82) is 0 Å². The highest BCUT2D eigenvalue weighted by Crippen LogP contribution is 2.23. The Kier molecular flexibility index (Phi) is 5.80. The van der Waals surface area contributed by atoms with Gasteiger partial charge in [-0.05, 0) is 12.8 Å². The van der Waals surface area contributed by atoms with Crippen molar-refractivity contribution >= 4 is 17.5 Å². The minimum absolute atomic E-state index is 0.0943. The highest BCUT2D eigenvalue weighted by molar-refractivity contribution is 6.23. The summed E-state index contributed by atoms with van der Waals surface area (Å²) >= 11 is 0. The van der Waals surface area contributed by atoms with Crippen molar-refractivity contribution in [3.8, 4) is 0 Å². The third-order valence-corrected chi connectivity index (χ3v) is 4.05. The van der Waals surface area contributed by atoms with E-state index >= 15 is 0 Å². The molecule has 2 aromatic rings. The molecule has 0 aromatic heterocycles. The van der Waals surface area contributed by atoms with E-state index in [9.17, 15) is 14.4 Å². The average molecular weight is 340 g/mol. The summed E-state index contributed by atoms with van der Waals surface area (Å²) in [7, 11) is 0. The van der Waals surface area contributed by atoms with Gasteiger partial charge in [-0.1, -0.05) is 60.7 Å². The first kappa shape index (κ1) is 18.5. The van der Waals surface area contributed by atoms with E-state index in [0.717, 1.165) is 0 Å². The van der Waals surface area contributed by atoms with Gasteiger partial charge < -0.3 is 16.6 Å². The van der Waals surface area contributed by atoms with Crippen LogP contribution in [0.1, 0.15) is 33.6 Å². The Labute approximate surface area is 145 Å². The number of ketones is 2. The van der Waals surface area contributed by atoms with Gasteiger partial charge in [-0.15, -0.1) is 0 Å². The number of carboxylic acid groups (broad SMARTS) is 1. The predicted molar refractivity (Wildman–Crippen MR) is 93.3 cm³/mol. The van der Waals surface area contributed by atoms with E-state index in [1.54, 1.807) is 60.7 Å². The van der Waals surface area contributed by atoms with Crippen molar-refractivity contribution in [3.63, 3.8) is 0 Å². The van der Waals surface area contributed by atoms with Gasteiger partial charge in [0.25, 0.3) is 0 Å². The van der Waals surface area contributed by atoms with Crippen molar-refractivity contribution in [3.05, 3.63) is 71.8 Å². The molecule has 5 N–H and O–H groups in total. The molecule has 0 aliphatic carbocycles. The average Bonchev–Trinajstić information content (AvgIpc) is 2.65. The number of carboxylic acids is 1. The molecular formula is C19H20N2O4. The standard InChI is InChI=1S/C19H20N2O4/c20-15(18(24)25)11-12-19(21,16(22)13-7-3-1-4-8-13)17(23)14-9-5-2-6-10-14/h1-10,15H,11-12,20-21H2,(H,24,25)/t15-/m1/s1. The molecule has 0 heterocycles. The van der Waals surface area contributed by atoms with E-state index in [4.69, 9.17) is 16.6 Å². The molecule has 0 saturated heterocycles. The number of carbonyl (C=O) groups excluding carboxylic acids is 2. The fourth-order valence-electron chi connectivity index (χ4n) is 2.53. The van der Waals surface area contributed by atoms with E-state index in [1.807, 2.05) is 0 Å². The third-order valence-electron chi connectivity index (χ3n) is 4.05. The monoisotopic (exact) mass is 340 g/mol. The number of nitrogens with two attached hydrogens (primary N) is 2. The predicted octanol–water partition coefficient (Wildman–Crippen LogP) is 1.64. The molecule has 0 aliphatic heterocycles. The second kappa shape index (κ2) is 7.83. The summed E-state index contributed by atoms with van der Waals surface area (Å²) in [6.45, 7) is 0. The van der Waals surface area contributed by atoms with Gasteiger partial charge in [0, 0.05) is 11.1 Å². The third kappa shape index (κ3) is 4.17. The number of rotatable bonds is 8. The van der Waals surface area contributed by atoms with Gasteiger partial charge in [0.1, 0.15) is 11.6 Å². The Morgan fingerprint density at radius 1 is 0.880 bits per heavy atom. The lowest BCUT2D eigenvalue weighted by atomic mass is 9.79. The topological polar surface area (TPSA) is 123 Å². The number of hydrogen-bond acceptors (Lipinski definition) is 5. The van der Waals surface area contributed by atoms with Gasteiger partial charge in [-0.2, -0.15) is 0 Å². The number of carbonyl (C=O) groups is 3. The Morgan fingerprint density at radius 2 is 1.28 bits per heavy atom. The largest absolute Gasteiger partial charge is 0.480 e. The van der Waals surface area contributed by atoms with Crippen LogP contribution in [0.15, 0.2) is 60.7 Å². The molecular weight excluding hydrogens is 320 g/mol. The molecule has 0 amide bonds. The fraction of sp³-hybridized carbons (Fsp3) is 0.211. The van der Waals surface area contributed by atoms with Crippen LogP contribution < -0.4 is 11.5 Å². The van der Waals surface area contributed by atoms with E-state index in [1.165, 1.54) is 0 Å². The van der Waals surface area contributed by atoms with Crippen LogP contribution in [0.3, 0.4) is 0 Å². The molecule has 0 saturated carbocycles. The van der Waals surface area contributed by atoms with Crippen molar-refractivity contribution < 1.29 is 19.5 Å². The summed E-state index contributed by atoms with van der Waals surface area (Å²) < 4.78 is 0. The zero-order valence-corrected chi connectivity index (χ0v) is 13.6. The first-order chi connectivity index (χ1) is 11.9. The number of benzene rings is 2. The number of aliphatic carboxylic acids is 1. The van der Waals surface area contributed by atoms with Crippen LogP contribution in [0.5, 0.6) is 0 Å². The molecule has 25 heavy (non-hydrogen) atoms. The Morgan fingerprint density at radius 3 is 1.64 bits per heavy atom. The SMILES string of the molecule is N[C@H](CCC(N)(C(=O)c1ccccc1)C(=O)c1ccccc1)C(=O)O. The first-order valence-electron chi connectivity index (χ1n) is 7.83. The fourth-order valence-corrected chi connectivity index (χ4v) is 2.53. The van der Waals surface area contributed by atoms with Crippen LogP contribution in [-0.4, -0.2) is 34.2 Å². The molecule has 0 unspecified atom stereocenters. The molecule has 0 fully saturated rings. The van der Waals surface area contributed by atoms with Crippen LogP contribution in [0.2, 0.25) is 0 Å². The number of Topliss-reactive ketones (excluding diaryl/α,β-unsaturated/α-hetero) is 2. The molecule has 0 bridgehead atoms. The first-order valence-corrected chi connectivity index (χ1v) is 7.83. The minimum Gasteiger partial charge on any atom is -0.480 e. The quantitative estimate of drug-likeness (QED) is 0.496. The van der Waals surface area contributed by atoms with Crippen molar-refractivity contribution in [2.24, 2.45) is 11.5 Å². The Balaban J connectivity index is 2.38. The highest BCUT2D eigenvalue weighted by Gasteiger charge is 2.42. The second-order valence-corrected chi connectivity index (χ2v) is 5.85. The maximum atomic E-state index is 12.9. The molecule has 6 heteroatoms. The minimum atomic E-state index is -1.88. The summed E-state index contributed by atoms with van der Waals surface area (Å²) in [4.78, 5) is 36.8. The Hall–Kier alpha value is -2.83. The van der Waals surface area contributed by atoms with E-state index in [2.05, 4.69) is 0 Å². The van der Waals surface area contributed by atoms with E-state index < -0.39 is 29.1 Å². The summed E-state index contributed by atoms with van der Waals surface area (Å²) in [5, 5.41) is 8.95. The second-order valence-electron chi connectivity index (χ2n) is 5.85. The molecule has 130 valence electrons. The van der Waals surface area contributed by atoms with Gasteiger partial charge in [-0.25, -0.2) is 0 Å². The summed E-state index contributed by atoms with van der Waals surface area (Å²) in [6.07, 6.45) is -0.259. The number of hydrogen-bond donors (Lipinski definition) is 3. The summed E-state index contributed by atoms with van der Waals surface area (Å²) in [5.41, 5.74) is 10.5. The van der Waals surface area contributed by atoms with Gasteiger partial charge in [-0.3, -0.25) is 14.4 Å². The van der Waals surface area contributed by atoms with Crippen LogP contribution in [0, 0.1) is 0 Å². The van der Waals surface area contributed by atoms with Gasteiger partial charge >= 0.3 is 5.97 Å². The lowest BCUT2D eigenvalue weighted by Gasteiger charge is -2.27. The maximum Gasteiger partial charge on any atom is 0.320 e. The van der Waals surface area contributed by atoms with Gasteiger partial charge in [0.05, 0.1) is 0 Å². The summed E-state index contributed by atoms with van der Waals surface area (Å²) in [5.74, 6) is -2.32. The van der Waals surface area contributed by atoms with Crippen molar-refractivity contribution in [2.45, 2.75) is 24.4 Å². The lowest BCUT2D eigenvalue weighted by Crippen LogP contribution is -2.55. The van der Waals surface area contributed by atoms with Crippen LogP contribution in [0.4, 0.5) is 0 Å². The molecule has 2 aromatic carbocycles. The molecule has 0 spiro atoms. The van der Waals surface area contributed by atoms with Crippen LogP contribution >= 0.6 is 0 Å². The zero-order chi connectivity index (χ0) is 18.4. The van der Waals surface area contributed by atoms with E-state index in [-0.39, 0.29) is 24.0 Å². The molecule has 0 aliphatic rings. The zero-order valence-electron chi connectivity index (χ0n) is 13.6. The van der Waals surface area contributed by atoms with Crippen molar-refractivity contribution in [2.75, 3.05) is 0 Å². The molecule has 6 nitrogen and oxygen atoms in total. The Bertz CT molecular complexity index is 708. The molecule has 0 radical (unpaired) electrons. The smallest absolute Gasteiger partial charge is 0.320 e. The van der Waals surface area contributed by atoms with E-state index in [0.29, 0.717) is 0 Å². The van der Waals surface area contributed by atoms with Gasteiger partial charge in [0.2, 0.25) is 0 Å². The molecule has 1 atom stereocenters. The van der Waals surface area contributed by atoms with Crippen LogP contribution in [0.25, 0.3) is 0 Å². The maximum absolute atomic E-state index is 12.9. The normalized spacial score (nSPS) is 12.4. The highest BCUT2D eigenvalue weighted by atomic mass is 16.4. The van der Waals surface area contributed by atoms with Crippen molar-refractivity contribution in [1.82, 2.24) is 0 Å². The summed E-state index contributed by atoms with van der Waals surface area (Å²) in [6, 6.07) is 15.2.